The highest BCUT2D eigenvalue weighted by atomic mass is 32.2. The smallest absolute Gasteiger partial charge is 0.308 e. The number of amides is 2. The lowest BCUT2D eigenvalue weighted by Crippen LogP contribution is -2.35. The molecule has 1 fully saturated rings. The highest BCUT2D eigenvalue weighted by molar-refractivity contribution is 8.01. The number of fused-ring (bicyclic) bond motifs is 1. The first kappa shape index (κ1) is 18.6. The van der Waals surface area contributed by atoms with Crippen LogP contribution >= 0.6 is 11.8 Å². The van der Waals surface area contributed by atoms with Crippen molar-refractivity contribution < 1.29 is 19.1 Å². The average Bonchev–Trinajstić information content (AvgIpc) is 3.51. The van der Waals surface area contributed by atoms with E-state index < -0.39 is 17.3 Å². The van der Waals surface area contributed by atoms with Gasteiger partial charge in [-0.15, -0.1) is 11.8 Å². The number of esters is 1. The molecule has 1 aliphatic heterocycles. The summed E-state index contributed by atoms with van der Waals surface area (Å²) in [5.41, 5.74) is 1.35. The van der Waals surface area contributed by atoms with E-state index in [1.54, 1.807) is 24.3 Å². The molecule has 0 spiro atoms. The second-order valence-corrected chi connectivity index (χ2v) is 8.10. The number of hydrogen-bond donors (Lipinski definition) is 2. The van der Waals surface area contributed by atoms with Crippen LogP contribution in [0.5, 0.6) is 0 Å². The predicted octanol–water partition coefficient (Wildman–Crippen LogP) is 3.05. The maximum atomic E-state index is 12.6. The zero-order chi connectivity index (χ0) is 19.5. The van der Waals surface area contributed by atoms with Gasteiger partial charge in [-0.2, -0.15) is 0 Å². The first-order chi connectivity index (χ1) is 13.6. The number of carbonyl (C=O) groups excluding carboxylic acids is 3. The zero-order valence-corrected chi connectivity index (χ0v) is 15.9. The number of thioether (sulfide) groups is 1. The fourth-order valence-electron chi connectivity index (χ4n) is 2.96. The Morgan fingerprint density at radius 3 is 2.57 bits per heavy atom. The van der Waals surface area contributed by atoms with E-state index in [0.29, 0.717) is 5.56 Å². The van der Waals surface area contributed by atoms with E-state index in [1.807, 2.05) is 30.3 Å². The molecule has 2 atom stereocenters. The van der Waals surface area contributed by atoms with Gasteiger partial charge in [-0.1, -0.05) is 42.5 Å². The van der Waals surface area contributed by atoms with Crippen LogP contribution in [0.25, 0.3) is 0 Å². The molecule has 2 aromatic carbocycles. The van der Waals surface area contributed by atoms with Crippen LogP contribution in [0.3, 0.4) is 0 Å². The molecule has 1 saturated carbocycles. The molecule has 1 heterocycles. The van der Waals surface area contributed by atoms with Crippen molar-refractivity contribution in [3.05, 3.63) is 60.2 Å². The van der Waals surface area contributed by atoms with Crippen LogP contribution < -0.4 is 10.6 Å². The van der Waals surface area contributed by atoms with Crippen LogP contribution in [0.2, 0.25) is 0 Å². The Morgan fingerprint density at radius 2 is 1.82 bits per heavy atom. The molecule has 7 heteroatoms. The Hall–Kier alpha value is -2.80. The fourth-order valence-corrected chi connectivity index (χ4v) is 4.06. The molecule has 2 aromatic rings. The molecule has 2 N–H and O–H groups in total. The van der Waals surface area contributed by atoms with Crippen molar-refractivity contribution in [2.24, 2.45) is 0 Å². The van der Waals surface area contributed by atoms with E-state index in [2.05, 4.69) is 10.6 Å². The van der Waals surface area contributed by atoms with E-state index in [9.17, 15) is 14.4 Å². The van der Waals surface area contributed by atoms with Crippen molar-refractivity contribution in [2.45, 2.75) is 41.6 Å². The maximum Gasteiger partial charge on any atom is 0.308 e. The Kier molecular flexibility index (Phi) is 5.34. The molecule has 28 heavy (non-hydrogen) atoms. The summed E-state index contributed by atoms with van der Waals surface area (Å²) in [7, 11) is 0. The van der Waals surface area contributed by atoms with Crippen LogP contribution in [0.1, 0.15) is 30.9 Å². The third-order valence-electron chi connectivity index (χ3n) is 4.57. The summed E-state index contributed by atoms with van der Waals surface area (Å²) in [5.74, 6) is -1.14. The van der Waals surface area contributed by atoms with Crippen molar-refractivity contribution in [1.82, 2.24) is 5.32 Å². The van der Waals surface area contributed by atoms with Crippen molar-refractivity contribution in [3.63, 3.8) is 0 Å². The van der Waals surface area contributed by atoms with Gasteiger partial charge in [0.15, 0.2) is 0 Å². The SMILES string of the molecule is O=C(C[C@H]1Sc2ccccc2NC1=O)O[C@H](C(=O)NC1CC1)c1ccccc1. The van der Waals surface area contributed by atoms with Gasteiger partial charge in [0.2, 0.25) is 12.0 Å². The maximum absolute atomic E-state index is 12.6. The van der Waals surface area contributed by atoms with Crippen LogP contribution in [-0.2, 0) is 19.1 Å². The third-order valence-corrected chi connectivity index (χ3v) is 5.85. The van der Waals surface area contributed by atoms with Gasteiger partial charge in [-0.25, -0.2) is 0 Å². The van der Waals surface area contributed by atoms with Crippen molar-refractivity contribution in [1.29, 1.82) is 0 Å². The molecule has 0 bridgehead atoms. The van der Waals surface area contributed by atoms with E-state index in [1.165, 1.54) is 11.8 Å². The summed E-state index contributed by atoms with van der Waals surface area (Å²) in [5, 5.41) is 5.10. The molecular weight excluding hydrogens is 376 g/mol. The van der Waals surface area contributed by atoms with Crippen LogP contribution in [0, 0.1) is 0 Å². The van der Waals surface area contributed by atoms with Gasteiger partial charge in [-0.05, 0) is 25.0 Å². The minimum absolute atomic E-state index is 0.106. The monoisotopic (exact) mass is 396 g/mol. The number of ether oxygens (including phenoxy) is 1. The highest BCUT2D eigenvalue weighted by Gasteiger charge is 2.33. The molecule has 2 aliphatic rings. The summed E-state index contributed by atoms with van der Waals surface area (Å²) < 4.78 is 5.52. The number of benzene rings is 2. The second-order valence-electron chi connectivity index (χ2n) is 6.86. The predicted molar refractivity (Wildman–Crippen MR) is 106 cm³/mol. The number of hydrogen-bond acceptors (Lipinski definition) is 5. The van der Waals surface area contributed by atoms with Crippen molar-refractivity contribution >= 4 is 35.2 Å². The number of anilines is 1. The molecule has 0 saturated heterocycles. The van der Waals surface area contributed by atoms with Crippen LogP contribution in [-0.4, -0.2) is 29.1 Å². The first-order valence-corrected chi connectivity index (χ1v) is 10.1. The standard InChI is InChI=1S/C21H20N2O4S/c24-18(12-17-20(25)23-15-8-4-5-9-16(15)28-17)27-19(13-6-2-1-3-7-13)21(26)22-14-10-11-14/h1-9,14,17,19H,10-12H2,(H,22,26)(H,23,25)/t17-,19+/m1/s1. The van der Waals surface area contributed by atoms with E-state index in [0.717, 1.165) is 23.4 Å². The summed E-state index contributed by atoms with van der Waals surface area (Å²) in [4.78, 5) is 38.4. The third kappa shape index (κ3) is 4.36. The molecule has 1 aliphatic carbocycles. The Morgan fingerprint density at radius 1 is 1.11 bits per heavy atom. The normalized spacial score (nSPS) is 19.1. The summed E-state index contributed by atoms with van der Waals surface area (Å²) >= 11 is 1.33. The quantitative estimate of drug-likeness (QED) is 0.733. The zero-order valence-electron chi connectivity index (χ0n) is 15.1. The highest BCUT2D eigenvalue weighted by Crippen LogP contribution is 2.37. The van der Waals surface area contributed by atoms with Gasteiger partial charge in [0.25, 0.3) is 5.91 Å². The number of carbonyl (C=O) groups is 3. The van der Waals surface area contributed by atoms with Gasteiger partial charge in [0.05, 0.1) is 17.4 Å². The Balaban J connectivity index is 1.44. The summed E-state index contributed by atoms with van der Waals surface area (Å²) in [6.07, 6.45) is 0.766. The minimum atomic E-state index is -1.02. The summed E-state index contributed by atoms with van der Waals surface area (Å²) in [6, 6.07) is 16.5. The molecule has 144 valence electrons. The number of rotatable bonds is 6. The van der Waals surface area contributed by atoms with Gasteiger partial charge < -0.3 is 15.4 Å². The molecule has 0 aromatic heterocycles. The largest absolute Gasteiger partial charge is 0.447 e. The lowest BCUT2D eigenvalue weighted by atomic mass is 10.1. The van der Waals surface area contributed by atoms with Gasteiger partial charge in [0, 0.05) is 16.5 Å². The average molecular weight is 396 g/mol. The Bertz CT molecular complexity index is 898. The van der Waals surface area contributed by atoms with Gasteiger partial charge in [0.1, 0.15) is 0 Å². The molecule has 6 nitrogen and oxygen atoms in total. The number of para-hydroxylation sites is 1. The number of nitrogens with one attached hydrogen (secondary N) is 2. The van der Waals surface area contributed by atoms with E-state index in [-0.39, 0.29) is 24.3 Å². The second kappa shape index (κ2) is 8.06. The molecule has 0 unspecified atom stereocenters. The molecule has 2 amide bonds. The molecular formula is C21H20N2O4S. The summed E-state index contributed by atoms with van der Waals surface area (Å²) in [6.45, 7) is 0. The fraction of sp³-hybridized carbons (Fsp3) is 0.286. The van der Waals surface area contributed by atoms with Gasteiger partial charge >= 0.3 is 5.97 Å². The van der Waals surface area contributed by atoms with Crippen molar-refractivity contribution in [2.75, 3.05) is 5.32 Å². The van der Waals surface area contributed by atoms with Crippen molar-refractivity contribution in [3.8, 4) is 0 Å². The molecule has 0 radical (unpaired) electrons. The van der Waals surface area contributed by atoms with E-state index >= 15 is 0 Å². The van der Waals surface area contributed by atoms with Gasteiger partial charge in [-0.3, -0.25) is 14.4 Å². The lowest BCUT2D eigenvalue weighted by Gasteiger charge is -2.24. The Labute approximate surface area is 167 Å². The van der Waals surface area contributed by atoms with Crippen LogP contribution in [0.4, 0.5) is 5.69 Å². The first-order valence-electron chi connectivity index (χ1n) is 9.21. The van der Waals surface area contributed by atoms with E-state index in [4.69, 9.17) is 4.74 Å². The lowest BCUT2D eigenvalue weighted by molar-refractivity contribution is -0.156. The minimum Gasteiger partial charge on any atom is -0.447 e. The topological polar surface area (TPSA) is 84.5 Å². The van der Waals surface area contributed by atoms with Crippen LogP contribution in [0.15, 0.2) is 59.5 Å². The molecule has 4 rings (SSSR count).